The van der Waals surface area contributed by atoms with Crippen LogP contribution in [0.5, 0.6) is 0 Å². The number of nitrogens with zero attached hydrogens (tertiary/aromatic N) is 6. The molecular formula is C12H24N6O7. The van der Waals surface area contributed by atoms with Crippen molar-refractivity contribution in [2.24, 2.45) is 10.6 Å². The van der Waals surface area contributed by atoms with Gasteiger partial charge in [0.2, 0.25) is 0 Å². The van der Waals surface area contributed by atoms with Crippen LogP contribution in [-0.4, -0.2) is 79.3 Å². The first-order valence-corrected chi connectivity index (χ1v) is 7.63. The van der Waals surface area contributed by atoms with Crippen LogP contribution in [0.2, 0.25) is 0 Å². The Morgan fingerprint density at radius 2 is 0.680 bits per heavy atom. The summed E-state index contributed by atoms with van der Waals surface area (Å²) in [6.45, 7) is 4.70. The van der Waals surface area contributed by atoms with E-state index in [0.717, 1.165) is 0 Å². The third-order valence-electron chi connectivity index (χ3n) is 2.31. The van der Waals surface area contributed by atoms with Crippen molar-refractivity contribution < 1.29 is 33.4 Å². The van der Waals surface area contributed by atoms with Crippen molar-refractivity contribution in [2.75, 3.05) is 79.3 Å². The average molecular weight is 364 g/mol. The Morgan fingerprint density at radius 1 is 0.440 bits per heavy atom. The second-order valence-corrected chi connectivity index (χ2v) is 4.07. The van der Waals surface area contributed by atoms with Gasteiger partial charge < -0.3 is 33.4 Å². The smallest absolute Gasteiger partial charge is 0.120 e. The third kappa shape index (κ3) is 22.0. The van der Waals surface area contributed by atoms with Crippen molar-refractivity contribution in [1.82, 2.24) is 0 Å². The topological polar surface area (TPSA) is 162 Å². The van der Waals surface area contributed by atoms with Gasteiger partial charge in [0.1, 0.15) is 23.8 Å². The molecule has 0 atom stereocenters. The van der Waals surface area contributed by atoms with Gasteiger partial charge in [-0.05, 0) is 11.1 Å². The number of rotatable bonds is 20. The fraction of sp³-hybridized carbons (Fsp3) is 1.00. The van der Waals surface area contributed by atoms with Crippen LogP contribution in [0.3, 0.4) is 0 Å². The molecular weight excluding hydrogens is 340 g/mol. The lowest BCUT2D eigenvalue weighted by Crippen LogP contribution is -2.14. The summed E-state index contributed by atoms with van der Waals surface area (Å²) < 4.78 is 26.2. The highest BCUT2D eigenvalue weighted by Gasteiger charge is 1.94. The van der Waals surface area contributed by atoms with E-state index in [4.69, 9.17) is 34.7 Å². The average Bonchev–Trinajstić information content (AvgIpc) is 2.63. The maximum absolute atomic E-state index is 7.96. The van der Waals surface area contributed by atoms with Crippen LogP contribution in [0.4, 0.5) is 0 Å². The van der Waals surface area contributed by atoms with Crippen LogP contribution >= 0.6 is 0 Å². The lowest BCUT2D eigenvalue weighted by molar-refractivity contribution is -0.0205. The van der Waals surface area contributed by atoms with Crippen molar-refractivity contribution in [1.29, 1.82) is 0 Å². The van der Waals surface area contributed by atoms with E-state index in [1.54, 1.807) is 0 Å². The summed E-state index contributed by atoms with van der Waals surface area (Å²) in [6.07, 6.45) is 0. The van der Waals surface area contributed by atoms with Crippen molar-refractivity contribution in [2.45, 2.75) is 0 Å². The van der Waals surface area contributed by atoms with Gasteiger partial charge in [-0.1, -0.05) is 0 Å². The normalized spacial score (nSPS) is 9.92. The lowest BCUT2D eigenvalue weighted by atomic mass is 10.7. The van der Waals surface area contributed by atoms with Crippen LogP contribution in [0.25, 0.3) is 20.9 Å². The van der Waals surface area contributed by atoms with Gasteiger partial charge in [-0.2, -0.15) is 0 Å². The highest BCUT2D eigenvalue weighted by Crippen LogP contribution is 1.85. The minimum absolute atomic E-state index is 0.210. The Labute approximate surface area is 145 Å². The van der Waals surface area contributed by atoms with E-state index in [-0.39, 0.29) is 13.2 Å². The molecule has 0 bridgehead atoms. The van der Waals surface area contributed by atoms with Gasteiger partial charge in [-0.3, -0.25) is 0 Å². The summed E-state index contributed by atoms with van der Waals surface area (Å²) in [5.74, 6) is 0. The molecule has 0 amide bonds. The first-order chi connectivity index (χ1) is 12.4. The Hall–Kier alpha value is -1.98. The SMILES string of the molecule is [N-]=[N+]=NOCCOCCOCCOCCOCCOCCON=[N+]=[N-]. The molecule has 25 heavy (non-hydrogen) atoms. The standard InChI is InChI=1S/C12H24N6O7/c13-15-17-24-11-9-22-7-5-20-3-1-19-2-4-21-6-8-23-10-12-25-18-16-14/h1-12H2. The molecule has 0 radical (unpaired) electrons. The maximum atomic E-state index is 7.96. The van der Waals surface area contributed by atoms with Crippen LogP contribution in [0, 0.1) is 0 Å². The van der Waals surface area contributed by atoms with Crippen molar-refractivity contribution in [3.8, 4) is 0 Å². The molecule has 0 aromatic rings. The maximum Gasteiger partial charge on any atom is 0.120 e. The summed E-state index contributed by atoms with van der Waals surface area (Å²) in [7, 11) is 0. The third-order valence-corrected chi connectivity index (χ3v) is 2.31. The molecule has 0 aliphatic rings. The zero-order valence-corrected chi connectivity index (χ0v) is 14.0. The molecule has 0 aromatic heterocycles. The molecule has 13 nitrogen and oxygen atoms in total. The predicted octanol–water partition coefficient (Wildman–Crippen LogP) is 1.55. The van der Waals surface area contributed by atoms with E-state index in [1.807, 2.05) is 0 Å². The Bertz CT molecular complexity index is 343. The molecule has 0 aliphatic heterocycles. The zero-order valence-electron chi connectivity index (χ0n) is 14.0. The van der Waals surface area contributed by atoms with Crippen molar-refractivity contribution in [3.63, 3.8) is 0 Å². The second kappa shape index (κ2) is 22.0. The second-order valence-electron chi connectivity index (χ2n) is 4.07. The molecule has 0 unspecified atom stereocenters. The molecule has 0 spiro atoms. The zero-order chi connectivity index (χ0) is 18.3. The Kier molecular flexibility index (Phi) is 20.3. The highest BCUT2D eigenvalue weighted by molar-refractivity contribution is 4.37. The first-order valence-electron chi connectivity index (χ1n) is 7.63. The Morgan fingerprint density at radius 3 is 0.920 bits per heavy atom. The van der Waals surface area contributed by atoms with Gasteiger partial charge in [0.25, 0.3) is 0 Å². The summed E-state index contributed by atoms with van der Waals surface area (Å²) in [5.41, 5.74) is 15.9. The van der Waals surface area contributed by atoms with Crippen LogP contribution < -0.4 is 0 Å². The minimum Gasteiger partial charge on any atom is -0.431 e. The van der Waals surface area contributed by atoms with Crippen LogP contribution in [0.15, 0.2) is 10.6 Å². The predicted molar refractivity (Wildman–Crippen MR) is 84.3 cm³/mol. The van der Waals surface area contributed by atoms with Gasteiger partial charge in [0.15, 0.2) is 0 Å². The van der Waals surface area contributed by atoms with E-state index < -0.39 is 0 Å². The molecule has 0 saturated carbocycles. The molecule has 0 fully saturated rings. The lowest BCUT2D eigenvalue weighted by Gasteiger charge is -2.07. The van der Waals surface area contributed by atoms with E-state index in [0.29, 0.717) is 66.1 Å². The monoisotopic (exact) mass is 364 g/mol. The van der Waals surface area contributed by atoms with E-state index in [2.05, 4.69) is 30.1 Å². The molecule has 0 heterocycles. The molecule has 0 rings (SSSR count). The van der Waals surface area contributed by atoms with Gasteiger partial charge in [0, 0.05) is 9.82 Å². The molecule has 13 heteroatoms. The largest absolute Gasteiger partial charge is 0.431 e. The number of hydrogen-bond donors (Lipinski definition) is 0. The molecule has 144 valence electrons. The molecule has 0 aliphatic carbocycles. The Balaban J connectivity index is 3.00. The summed E-state index contributed by atoms with van der Waals surface area (Å²) in [5, 5.41) is 5.81. The van der Waals surface area contributed by atoms with E-state index in [1.165, 1.54) is 0 Å². The molecule has 0 aromatic carbocycles. The van der Waals surface area contributed by atoms with Gasteiger partial charge in [-0.15, -0.1) is 0 Å². The van der Waals surface area contributed by atoms with Crippen LogP contribution in [0.1, 0.15) is 0 Å². The fourth-order valence-electron chi connectivity index (χ4n) is 1.31. The molecule has 0 saturated heterocycles. The summed E-state index contributed by atoms with van der Waals surface area (Å²) >= 11 is 0. The minimum atomic E-state index is 0.210. The first kappa shape index (κ1) is 23.0. The molecule has 0 N–H and O–H groups in total. The van der Waals surface area contributed by atoms with Gasteiger partial charge in [-0.25, -0.2) is 0 Å². The van der Waals surface area contributed by atoms with Crippen molar-refractivity contribution in [3.05, 3.63) is 20.9 Å². The number of hydrogen-bond acceptors (Lipinski definition) is 9. The number of azide groups is 2. The highest BCUT2D eigenvalue weighted by atomic mass is 16.7. The van der Waals surface area contributed by atoms with Gasteiger partial charge >= 0.3 is 0 Å². The van der Waals surface area contributed by atoms with E-state index in [9.17, 15) is 0 Å². The van der Waals surface area contributed by atoms with E-state index >= 15 is 0 Å². The van der Waals surface area contributed by atoms with Crippen LogP contribution in [-0.2, 0) is 33.4 Å². The fourth-order valence-corrected chi connectivity index (χ4v) is 1.31. The quantitative estimate of drug-likeness (QED) is 0.104. The van der Waals surface area contributed by atoms with Gasteiger partial charge in [0.05, 0.1) is 66.1 Å². The van der Waals surface area contributed by atoms with Crippen molar-refractivity contribution >= 4 is 0 Å². The number of ether oxygens (including phenoxy) is 5. The summed E-state index contributed by atoms with van der Waals surface area (Å²) in [6, 6.07) is 0. The summed E-state index contributed by atoms with van der Waals surface area (Å²) in [4.78, 5) is 13.9.